The van der Waals surface area contributed by atoms with E-state index in [0.717, 1.165) is 24.2 Å². The zero-order chi connectivity index (χ0) is 19.3. The van der Waals surface area contributed by atoms with Crippen molar-refractivity contribution in [2.75, 3.05) is 19.7 Å². The SMILES string of the molecule is Cc1ccc(C)c(OCCCC(C)(C)C(=O)N2CCC(C(=O)O)CC2)c1. The molecule has 1 N–H and O–H groups in total. The van der Waals surface area contributed by atoms with Crippen LogP contribution < -0.4 is 4.74 Å². The minimum atomic E-state index is -0.750. The topological polar surface area (TPSA) is 66.8 Å². The lowest BCUT2D eigenvalue weighted by atomic mass is 9.85. The minimum Gasteiger partial charge on any atom is -0.493 e. The van der Waals surface area contributed by atoms with Gasteiger partial charge in [-0.2, -0.15) is 0 Å². The highest BCUT2D eigenvalue weighted by Crippen LogP contribution is 2.29. The summed E-state index contributed by atoms with van der Waals surface area (Å²) in [5.74, 6) is -0.0361. The lowest BCUT2D eigenvalue weighted by molar-refractivity contribution is -0.148. The van der Waals surface area contributed by atoms with Gasteiger partial charge in [-0.1, -0.05) is 26.0 Å². The van der Waals surface area contributed by atoms with E-state index in [4.69, 9.17) is 9.84 Å². The monoisotopic (exact) mass is 361 g/mol. The van der Waals surface area contributed by atoms with Crippen molar-refractivity contribution in [1.29, 1.82) is 0 Å². The molecule has 1 heterocycles. The number of aliphatic carboxylic acids is 1. The number of carboxylic acids is 1. The number of likely N-dealkylation sites (tertiary alicyclic amines) is 1. The third kappa shape index (κ3) is 5.23. The van der Waals surface area contributed by atoms with Gasteiger partial charge in [0.15, 0.2) is 0 Å². The molecular formula is C21H31NO4. The van der Waals surface area contributed by atoms with E-state index in [1.54, 1.807) is 0 Å². The van der Waals surface area contributed by atoms with Gasteiger partial charge in [-0.15, -0.1) is 0 Å². The number of carbonyl (C=O) groups is 2. The number of hydrogen-bond donors (Lipinski definition) is 1. The lowest BCUT2D eigenvalue weighted by Crippen LogP contribution is -2.46. The number of amides is 1. The Balaban J connectivity index is 1.80. The van der Waals surface area contributed by atoms with Crippen LogP contribution in [0.1, 0.15) is 50.7 Å². The molecule has 1 saturated heterocycles. The Labute approximate surface area is 156 Å². The molecule has 1 aromatic rings. The molecule has 2 rings (SSSR count). The summed E-state index contributed by atoms with van der Waals surface area (Å²) in [7, 11) is 0. The van der Waals surface area contributed by atoms with Gasteiger partial charge in [0, 0.05) is 18.5 Å². The zero-order valence-corrected chi connectivity index (χ0v) is 16.4. The lowest BCUT2D eigenvalue weighted by Gasteiger charge is -2.36. The first-order valence-corrected chi connectivity index (χ1v) is 9.43. The third-order valence-electron chi connectivity index (χ3n) is 5.26. The molecule has 1 fully saturated rings. The van der Waals surface area contributed by atoms with E-state index in [1.165, 1.54) is 5.56 Å². The molecule has 144 valence electrons. The maximum absolute atomic E-state index is 12.8. The summed E-state index contributed by atoms with van der Waals surface area (Å²) < 4.78 is 5.89. The normalized spacial score (nSPS) is 15.8. The van der Waals surface area contributed by atoms with Crippen LogP contribution in [0.4, 0.5) is 0 Å². The van der Waals surface area contributed by atoms with Crippen LogP contribution in [-0.4, -0.2) is 41.6 Å². The standard InChI is InChI=1S/C21H31NO4/c1-15-6-7-16(2)18(14-15)26-13-5-10-21(3,4)20(25)22-11-8-17(9-12-22)19(23)24/h6-7,14,17H,5,8-13H2,1-4H3,(H,23,24). The van der Waals surface area contributed by atoms with Crippen molar-refractivity contribution in [3.8, 4) is 5.75 Å². The Kier molecular flexibility index (Phi) is 6.68. The van der Waals surface area contributed by atoms with Gasteiger partial charge in [0.1, 0.15) is 5.75 Å². The molecule has 0 aromatic heterocycles. The van der Waals surface area contributed by atoms with Crippen molar-refractivity contribution in [3.05, 3.63) is 29.3 Å². The predicted octanol–water partition coefficient (Wildman–Crippen LogP) is 3.81. The number of carboxylic acid groups (broad SMARTS) is 1. The minimum absolute atomic E-state index is 0.119. The molecule has 0 saturated carbocycles. The molecule has 1 amide bonds. The van der Waals surface area contributed by atoms with Crippen molar-refractivity contribution in [1.82, 2.24) is 4.90 Å². The van der Waals surface area contributed by atoms with Crippen LogP contribution in [0.15, 0.2) is 18.2 Å². The molecular weight excluding hydrogens is 330 g/mol. The molecule has 0 radical (unpaired) electrons. The van der Waals surface area contributed by atoms with E-state index in [0.29, 0.717) is 32.5 Å². The molecule has 1 aromatic carbocycles. The summed E-state index contributed by atoms with van der Waals surface area (Å²) in [5.41, 5.74) is 1.83. The van der Waals surface area contributed by atoms with Crippen LogP contribution in [0.2, 0.25) is 0 Å². The van der Waals surface area contributed by atoms with Gasteiger partial charge < -0.3 is 14.7 Å². The Bertz CT molecular complexity index is 645. The molecule has 0 atom stereocenters. The second-order valence-electron chi connectivity index (χ2n) is 8.01. The largest absolute Gasteiger partial charge is 0.493 e. The number of carbonyl (C=O) groups excluding carboxylic acids is 1. The predicted molar refractivity (Wildman–Crippen MR) is 101 cm³/mol. The number of aryl methyl sites for hydroxylation is 2. The highest BCUT2D eigenvalue weighted by molar-refractivity contribution is 5.82. The Morgan fingerprint density at radius 1 is 1.23 bits per heavy atom. The second-order valence-corrected chi connectivity index (χ2v) is 8.01. The maximum Gasteiger partial charge on any atom is 0.306 e. The average Bonchev–Trinajstić information content (AvgIpc) is 2.61. The molecule has 0 aliphatic carbocycles. The molecule has 0 bridgehead atoms. The molecule has 1 aliphatic rings. The van der Waals surface area contributed by atoms with Gasteiger partial charge in [-0.25, -0.2) is 0 Å². The van der Waals surface area contributed by atoms with Gasteiger partial charge in [-0.05, 0) is 56.7 Å². The maximum atomic E-state index is 12.8. The van der Waals surface area contributed by atoms with Gasteiger partial charge in [0.05, 0.1) is 12.5 Å². The molecule has 0 spiro atoms. The first kappa shape index (κ1) is 20.3. The van der Waals surface area contributed by atoms with Crippen LogP contribution in [0, 0.1) is 25.2 Å². The molecule has 5 nitrogen and oxygen atoms in total. The zero-order valence-electron chi connectivity index (χ0n) is 16.4. The van der Waals surface area contributed by atoms with Gasteiger partial charge in [0.25, 0.3) is 0 Å². The number of hydrogen-bond acceptors (Lipinski definition) is 3. The first-order valence-electron chi connectivity index (χ1n) is 9.43. The quantitative estimate of drug-likeness (QED) is 0.750. The fourth-order valence-corrected chi connectivity index (χ4v) is 3.42. The number of rotatable bonds is 7. The van der Waals surface area contributed by atoms with Crippen molar-refractivity contribution in [3.63, 3.8) is 0 Å². The first-order chi connectivity index (χ1) is 12.2. The number of piperidine rings is 1. The van der Waals surface area contributed by atoms with E-state index in [1.807, 2.05) is 38.7 Å². The van der Waals surface area contributed by atoms with Gasteiger partial charge >= 0.3 is 5.97 Å². The highest BCUT2D eigenvalue weighted by Gasteiger charge is 2.34. The molecule has 0 unspecified atom stereocenters. The summed E-state index contributed by atoms with van der Waals surface area (Å²) in [5, 5.41) is 9.08. The number of nitrogens with zero attached hydrogens (tertiary/aromatic N) is 1. The summed E-state index contributed by atoms with van der Waals surface area (Å²) in [4.78, 5) is 25.7. The second kappa shape index (κ2) is 8.56. The van der Waals surface area contributed by atoms with E-state index in [-0.39, 0.29) is 11.8 Å². The summed E-state index contributed by atoms with van der Waals surface area (Å²) in [6.07, 6.45) is 2.65. The van der Waals surface area contributed by atoms with E-state index in [2.05, 4.69) is 12.1 Å². The Morgan fingerprint density at radius 3 is 2.50 bits per heavy atom. The van der Waals surface area contributed by atoms with Crippen LogP contribution in [0.25, 0.3) is 0 Å². The number of benzene rings is 1. The van der Waals surface area contributed by atoms with Crippen molar-refractivity contribution < 1.29 is 19.4 Å². The Hall–Kier alpha value is -2.04. The van der Waals surface area contributed by atoms with Crippen LogP contribution in [-0.2, 0) is 9.59 Å². The van der Waals surface area contributed by atoms with Crippen molar-refractivity contribution in [2.45, 2.75) is 53.4 Å². The number of ether oxygens (including phenoxy) is 1. The van der Waals surface area contributed by atoms with Crippen molar-refractivity contribution >= 4 is 11.9 Å². The van der Waals surface area contributed by atoms with Crippen LogP contribution >= 0.6 is 0 Å². The van der Waals surface area contributed by atoms with Crippen LogP contribution in [0.3, 0.4) is 0 Å². The molecule has 26 heavy (non-hydrogen) atoms. The van der Waals surface area contributed by atoms with E-state index >= 15 is 0 Å². The summed E-state index contributed by atoms with van der Waals surface area (Å²) in [6, 6.07) is 6.16. The third-order valence-corrected chi connectivity index (χ3v) is 5.26. The smallest absolute Gasteiger partial charge is 0.306 e. The fraction of sp³-hybridized carbons (Fsp3) is 0.619. The average molecular weight is 361 g/mol. The Morgan fingerprint density at radius 2 is 1.88 bits per heavy atom. The summed E-state index contributed by atoms with van der Waals surface area (Å²) in [6.45, 7) is 9.68. The summed E-state index contributed by atoms with van der Waals surface area (Å²) >= 11 is 0. The van der Waals surface area contributed by atoms with Crippen LogP contribution in [0.5, 0.6) is 5.75 Å². The van der Waals surface area contributed by atoms with E-state index in [9.17, 15) is 9.59 Å². The van der Waals surface area contributed by atoms with Gasteiger partial charge in [0.2, 0.25) is 5.91 Å². The molecule has 1 aliphatic heterocycles. The van der Waals surface area contributed by atoms with E-state index < -0.39 is 11.4 Å². The van der Waals surface area contributed by atoms with Gasteiger partial charge in [-0.3, -0.25) is 9.59 Å². The fourth-order valence-electron chi connectivity index (χ4n) is 3.42. The highest BCUT2D eigenvalue weighted by atomic mass is 16.5. The molecule has 5 heteroatoms. The van der Waals surface area contributed by atoms with Crippen molar-refractivity contribution in [2.24, 2.45) is 11.3 Å².